The van der Waals surface area contributed by atoms with Crippen molar-refractivity contribution >= 4 is 28.6 Å². The highest BCUT2D eigenvalue weighted by Crippen LogP contribution is 2.23. The van der Waals surface area contributed by atoms with Crippen LogP contribution in [0, 0.1) is 6.92 Å². The van der Waals surface area contributed by atoms with Crippen molar-refractivity contribution in [2.75, 3.05) is 19.0 Å². The summed E-state index contributed by atoms with van der Waals surface area (Å²) in [4.78, 5) is 14.9. The number of aryl methyl sites for hydroxylation is 1. The van der Waals surface area contributed by atoms with Crippen molar-refractivity contribution in [3.63, 3.8) is 0 Å². The summed E-state index contributed by atoms with van der Waals surface area (Å²) in [5.41, 5.74) is 3.95. The van der Waals surface area contributed by atoms with Crippen LogP contribution in [-0.4, -0.2) is 33.6 Å². The number of fused-ring (bicyclic) bond motifs is 1. The molecule has 21 heavy (non-hydrogen) atoms. The van der Waals surface area contributed by atoms with E-state index in [9.17, 15) is 0 Å². The van der Waals surface area contributed by atoms with Crippen LogP contribution in [0.5, 0.6) is 0 Å². The highest BCUT2D eigenvalue weighted by molar-refractivity contribution is 6.28. The van der Waals surface area contributed by atoms with E-state index in [1.54, 1.807) is 6.33 Å². The summed E-state index contributed by atoms with van der Waals surface area (Å²) in [7, 11) is 3.83. The molecule has 3 rings (SSSR count). The molecule has 0 saturated heterocycles. The van der Waals surface area contributed by atoms with Crippen LogP contribution in [0.1, 0.15) is 11.1 Å². The lowest BCUT2D eigenvalue weighted by Crippen LogP contribution is -2.12. The number of rotatable bonds is 3. The van der Waals surface area contributed by atoms with E-state index in [4.69, 9.17) is 11.6 Å². The first-order valence-electron chi connectivity index (χ1n) is 6.66. The summed E-state index contributed by atoms with van der Waals surface area (Å²) >= 11 is 6.03. The second kappa shape index (κ2) is 5.33. The van der Waals surface area contributed by atoms with Crippen molar-refractivity contribution in [3.05, 3.63) is 47.0 Å². The topological polar surface area (TPSA) is 46.8 Å². The summed E-state index contributed by atoms with van der Waals surface area (Å²) in [6.07, 6.45) is 1.78. The third-order valence-electron chi connectivity index (χ3n) is 3.32. The standard InChI is InChI=1S/C15H16ClN5/c1-10-4-6-11(7-5-10)8-21-9-17-12-13(20(2)3)18-15(16)19-14(12)21/h4-7,9H,8H2,1-3H3. The van der Waals surface area contributed by atoms with Gasteiger partial charge in [0.2, 0.25) is 5.28 Å². The molecule has 1 aromatic carbocycles. The average Bonchev–Trinajstić information content (AvgIpc) is 2.83. The number of imidazole rings is 1. The molecule has 108 valence electrons. The van der Waals surface area contributed by atoms with Gasteiger partial charge in [-0.1, -0.05) is 29.8 Å². The average molecular weight is 302 g/mol. The minimum Gasteiger partial charge on any atom is -0.361 e. The van der Waals surface area contributed by atoms with Gasteiger partial charge in [-0.05, 0) is 24.1 Å². The number of aromatic nitrogens is 4. The van der Waals surface area contributed by atoms with Crippen LogP contribution in [0.15, 0.2) is 30.6 Å². The van der Waals surface area contributed by atoms with E-state index in [0.717, 1.165) is 17.0 Å². The van der Waals surface area contributed by atoms with E-state index in [1.165, 1.54) is 11.1 Å². The molecule has 0 radical (unpaired) electrons. The lowest BCUT2D eigenvalue weighted by Gasteiger charge is -2.12. The van der Waals surface area contributed by atoms with Crippen LogP contribution >= 0.6 is 11.6 Å². The Bertz CT molecular complexity index is 777. The Balaban J connectivity index is 2.05. The molecule has 0 atom stereocenters. The first-order valence-corrected chi connectivity index (χ1v) is 7.03. The van der Waals surface area contributed by atoms with Gasteiger partial charge in [-0.3, -0.25) is 0 Å². The van der Waals surface area contributed by atoms with Gasteiger partial charge in [0.15, 0.2) is 17.0 Å². The zero-order valence-electron chi connectivity index (χ0n) is 12.2. The van der Waals surface area contributed by atoms with Gasteiger partial charge in [0, 0.05) is 14.1 Å². The quantitative estimate of drug-likeness (QED) is 0.698. The maximum absolute atomic E-state index is 6.03. The van der Waals surface area contributed by atoms with Crippen molar-refractivity contribution < 1.29 is 0 Å². The van der Waals surface area contributed by atoms with Gasteiger partial charge in [0.25, 0.3) is 0 Å². The van der Waals surface area contributed by atoms with E-state index in [1.807, 2.05) is 23.6 Å². The second-order valence-corrected chi connectivity index (χ2v) is 5.58. The van der Waals surface area contributed by atoms with E-state index < -0.39 is 0 Å². The molecule has 0 saturated carbocycles. The highest BCUT2D eigenvalue weighted by atomic mass is 35.5. The van der Waals surface area contributed by atoms with Crippen molar-refractivity contribution in [1.82, 2.24) is 19.5 Å². The summed E-state index contributed by atoms with van der Waals surface area (Å²) in [6.45, 7) is 2.78. The Morgan fingerprint density at radius 1 is 1.14 bits per heavy atom. The normalized spacial score (nSPS) is 11.0. The number of hydrogen-bond donors (Lipinski definition) is 0. The number of nitrogens with zero attached hydrogens (tertiary/aromatic N) is 5. The molecule has 6 heteroatoms. The van der Waals surface area contributed by atoms with Crippen LogP contribution in [0.25, 0.3) is 11.2 Å². The molecule has 0 bridgehead atoms. The molecule has 0 aliphatic heterocycles. The first-order chi connectivity index (χ1) is 10.0. The summed E-state index contributed by atoms with van der Waals surface area (Å²) < 4.78 is 1.99. The first kappa shape index (κ1) is 13.8. The van der Waals surface area contributed by atoms with Crippen molar-refractivity contribution in [2.24, 2.45) is 0 Å². The van der Waals surface area contributed by atoms with Gasteiger partial charge in [0.1, 0.15) is 0 Å². The fourth-order valence-corrected chi connectivity index (χ4v) is 2.38. The van der Waals surface area contributed by atoms with Crippen LogP contribution in [-0.2, 0) is 6.54 Å². The highest BCUT2D eigenvalue weighted by Gasteiger charge is 2.14. The van der Waals surface area contributed by atoms with Gasteiger partial charge in [-0.15, -0.1) is 0 Å². The molecule has 2 aromatic heterocycles. The molecule has 0 fully saturated rings. The van der Waals surface area contributed by atoms with E-state index in [-0.39, 0.29) is 5.28 Å². The molecule has 5 nitrogen and oxygen atoms in total. The fourth-order valence-electron chi connectivity index (χ4n) is 2.22. The van der Waals surface area contributed by atoms with Crippen LogP contribution < -0.4 is 4.90 Å². The summed E-state index contributed by atoms with van der Waals surface area (Å²) in [6, 6.07) is 8.41. The molecule has 0 aliphatic rings. The Hall–Kier alpha value is -2.14. The van der Waals surface area contributed by atoms with Gasteiger partial charge in [-0.2, -0.15) is 9.97 Å². The fraction of sp³-hybridized carbons (Fsp3) is 0.267. The van der Waals surface area contributed by atoms with Crippen molar-refractivity contribution in [1.29, 1.82) is 0 Å². The van der Waals surface area contributed by atoms with E-state index in [0.29, 0.717) is 6.54 Å². The molecule has 0 N–H and O–H groups in total. The summed E-state index contributed by atoms with van der Waals surface area (Å²) in [5.74, 6) is 0.729. The second-order valence-electron chi connectivity index (χ2n) is 5.24. The molecule has 2 heterocycles. The van der Waals surface area contributed by atoms with Crippen LogP contribution in [0.3, 0.4) is 0 Å². The lowest BCUT2D eigenvalue weighted by molar-refractivity contribution is 0.812. The van der Waals surface area contributed by atoms with Gasteiger partial charge >= 0.3 is 0 Å². The van der Waals surface area contributed by atoms with E-state index >= 15 is 0 Å². The van der Waals surface area contributed by atoms with Gasteiger partial charge in [-0.25, -0.2) is 4.98 Å². The van der Waals surface area contributed by atoms with Crippen molar-refractivity contribution in [3.8, 4) is 0 Å². The predicted molar refractivity (Wildman–Crippen MR) is 84.9 cm³/mol. The van der Waals surface area contributed by atoms with Crippen molar-refractivity contribution in [2.45, 2.75) is 13.5 Å². The van der Waals surface area contributed by atoms with E-state index in [2.05, 4.69) is 46.1 Å². The zero-order valence-corrected chi connectivity index (χ0v) is 13.0. The molecule has 0 spiro atoms. The number of hydrogen-bond acceptors (Lipinski definition) is 4. The molecule has 0 amide bonds. The Kier molecular flexibility index (Phi) is 3.51. The molecular formula is C15H16ClN5. The predicted octanol–water partition coefficient (Wildman–Crippen LogP) is 2.90. The van der Waals surface area contributed by atoms with Gasteiger partial charge < -0.3 is 9.47 Å². The molecular weight excluding hydrogens is 286 g/mol. The van der Waals surface area contributed by atoms with Crippen LogP contribution in [0.2, 0.25) is 5.28 Å². The largest absolute Gasteiger partial charge is 0.361 e. The molecule has 0 aliphatic carbocycles. The lowest BCUT2D eigenvalue weighted by atomic mass is 10.1. The maximum atomic E-state index is 6.03. The third kappa shape index (κ3) is 2.69. The number of halogens is 1. The maximum Gasteiger partial charge on any atom is 0.226 e. The minimum atomic E-state index is 0.233. The third-order valence-corrected chi connectivity index (χ3v) is 3.48. The monoisotopic (exact) mass is 301 g/mol. The Morgan fingerprint density at radius 3 is 2.52 bits per heavy atom. The minimum absolute atomic E-state index is 0.233. The molecule has 0 unspecified atom stereocenters. The summed E-state index contributed by atoms with van der Waals surface area (Å²) in [5, 5.41) is 0.233. The SMILES string of the molecule is Cc1ccc(Cn2cnc3c(N(C)C)nc(Cl)nc32)cc1. The Labute approximate surface area is 128 Å². The van der Waals surface area contributed by atoms with Gasteiger partial charge in [0.05, 0.1) is 12.9 Å². The molecule has 3 aromatic rings. The number of benzene rings is 1. The number of anilines is 1. The smallest absolute Gasteiger partial charge is 0.226 e. The zero-order chi connectivity index (χ0) is 15.0. The Morgan fingerprint density at radius 2 is 1.86 bits per heavy atom. The van der Waals surface area contributed by atoms with Crippen LogP contribution in [0.4, 0.5) is 5.82 Å².